The molecule has 1 aromatic carbocycles. The van der Waals surface area contributed by atoms with Crippen molar-refractivity contribution in [1.29, 1.82) is 0 Å². The Morgan fingerprint density at radius 2 is 2.06 bits per heavy atom. The van der Waals surface area contributed by atoms with Gasteiger partial charge in [-0.15, -0.1) is 0 Å². The van der Waals surface area contributed by atoms with Gasteiger partial charge in [-0.3, -0.25) is 4.79 Å². The van der Waals surface area contributed by atoms with Gasteiger partial charge >= 0.3 is 0 Å². The first-order valence-corrected chi connectivity index (χ1v) is 6.04. The Hall–Kier alpha value is -1.35. The van der Waals surface area contributed by atoms with Crippen LogP contribution in [0.25, 0.3) is 0 Å². The number of carbonyl (C=O) groups excluding carboxylic acids is 1. The summed E-state index contributed by atoms with van der Waals surface area (Å²) in [6, 6.07) is 10.1. The van der Waals surface area contributed by atoms with Gasteiger partial charge in [0, 0.05) is 26.7 Å². The fourth-order valence-electron chi connectivity index (χ4n) is 1.69. The molecular weight excluding hydrogens is 214 g/mol. The van der Waals surface area contributed by atoms with Crippen LogP contribution in [0.1, 0.15) is 31.2 Å². The molecule has 0 aliphatic heterocycles. The van der Waals surface area contributed by atoms with Crippen LogP contribution in [0, 0.1) is 0 Å². The van der Waals surface area contributed by atoms with Gasteiger partial charge in [0.05, 0.1) is 0 Å². The summed E-state index contributed by atoms with van der Waals surface area (Å²) in [5, 5.41) is 2.90. The van der Waals surface area contributed by atoms with E-state index in [9.17, 15) is 4.79 Å². The van der Waals surface area contributed by atoms with Gasteiger partial charge in [-0.05, 0) is 17.9 Å². The molecular formula is C14H21NO2. The summed E-state index contributed by atoms with van der Waals surface area (Å²) >= 11 is 0. The second kappa shape index (κ2) is 7.85. The lowest BCUT2D eigenvalue weighted by atomic mass is 9.98. The highest BCUT2D eigenvalue weighted by Gasteiger charge is 2.10. The number of hydrogen-bond acceptors (Lipinski definition) is 2. The Morgan fingerprint density at radius 3 is 2.71 bits per heavy atom. The topological polar surface area (TPSA) is 38.3 Å². The number of rotatable bonds is 7. The maximum atomic E-state index is 11.6. The number of hydrogen-bond donors (Lipinski definition) is 1. The van der Waals surface area contributed by atoms with E-state index in [1.807, 2.05) is 18.2 Å². The van der Waals surface area contributed by atoms with E-state index in [1.54, 1.807) is 7.11 Å². The molecule has 1 atom stereocenters. The smallest absolute Gasteiger partial charge is 0.220 e. The Bertz CT molecular complexity index is 324. The summed E-state index contributed by atoms with van der Waals surface area (Å²) in [7, 11) is 1.67. The molecule has 0 unspecified atom stereocenters. The average molecular weight is 235 g/mol. The molecule has 0 radical (unpaired) electrons. The van der Waals surface area contributed by atoms with Crippen molar-refractivity contribution in [3.05, 3.63) is 35.9 Å². The minimum absolute atomic E-state index is 0.109. The van der Waals surface area contributed by atoms with Crippen LogP contribution in [0.15, 0.2) is 30.3 Å². The molecule has 1 N–H and O–H groups in total. The second-order valence-corrected chi connectivity index (χ2v) is 4.21. The molecule has 1 rings (SSSR count). The van der Waals surface area contributed by atoms with E-state index in [2.05, 4.69) is 24.4 Å². The minimum Gasteiger partial charge on any atom is -0.385 e. The van der Waals surface area contributed by atoms with E-state index < -0.39 is 0 Å². The molecule has 0 spiro atoms. The largest absolute Gasteiger partial charge is 0.385 e. The van der Waals surface area contributed by atoms with Gasteiger partial charge in [-0.25, -0.2) is 0 Å². The summed E-state index contributed by atoms with van der Waals surface area (Å²) in [5.41, 5.74) is 1.21. The predicted molar refractivity (Wildman–Crippen MR) is 69.0 cm³/mol. The van der Waals surface area contributed by atoms with Crippen LogP contribution >= 0.6 is 0 Å². The summed E-state index contributed by atoms with van der Waals surface area (Å²) in [6.45, 7) is 3.45. The zero-order chi connectivity index (χ0) is 12.5. The molecule has 1 amide bonds. The van der Waals surface area contributed by atoms with Crippen molar-refractivity contribution in [3.8, 4) is 0 Å². The third-order valence-electron chi connectivity index (χ3n) is 2.71. The number of methoxy groups -OCH3 is 1. The molecule has 0 aliphatic rings. The molecule has 0 aliphatic carbocycles. The molecule has 94 valence electrons. The third-order valence-corrected chi connectivity index (χ3v) is 2.71. The Labute approximate surface area is 103 Å². The number of ether oxygens (including phenoxy) is 1. The fourth-order valence-corrected chi connectivity index (χ4v) is 1.69. The van der Waals surface area contributed by atoms with Crippen LogP contribution in [-0.4, -0.2) is 26.2 Å². The highest BCUT2D eigenvalue weighted by atomic mass is 16.5. The van der Waals surface area contributed by atoms with E-state index in [0.29, 0.717) is 19.6 Å². The summed E-state index contributed by atoms with van der Waals surface area (Å²) in [4.78, 5) is 11.6. The van der Waals surface area contributed by atoms with Crippen molar-refractivity contribution in [1.82, 2.24) is 5.32 Å². The molecule has 0 saturated carbocycles. The van der Waals surface area contributed by atoms with Gasteiger partial charge in [-0.2, -0.15) is 0 Å². The summed E-state index contributed by atoms with van der Waals surface area (Å²) < 4.78 is 4.92. The van der Waals surface area contributed by atoms with Gasteiger partial charge in [0.15, 0.2) is 0 Å². The van der Waals surface area contributed by atoms with E-state index in [0.717, 1.165) is 6.42 Å². The maximum Gasteiger partial charge on any atom is 0.220 e. The first-order valence-electron chi connectivity index (χ1n) is 6.04. The predicted octanol–water partition coefficient (Wildman–Crippen LogP) is 2.33. The molecule has 0 bridgehead atoms. The fraction of sp³-hybridized carbons (Fsp3) is 0.500. The van der Waals surface area contributed by atoms with Crippen LogP contribution in [0.4, 0.5) is 0 Å². The van der Waals surface area contributed by atoms with Crippen molar-refractivity contribution in [3.63, 3.8) is 0 Å². The van der Waals surface area contributed by atoms with E-state index in [1.165, 1.54) is 5.56 Å². The van der Waals surface area contributed by atoms with Gasteiger partial charge in [0.25, 0.3) is 0 Å². The number of benzene rings is 1. The highest BCUT2D eigenvalue weighted by Crippen LogP contribution is 2.17. The molecule has 0 heterocycles. The van der Waals surface area contributed by atoms with Crippen LogP contribution in [0.5, 0.6) is 0 Å². The highest BCUT2D eigenvalue weighted by molar-refractivity contribution is 5.76. The standard InChI is InChI=1S/C14H21NO2/c1-12(13-7-4-3-5-8-13)11-14(16)15-9-6-10-17-2/h3-5,7-8,12H,6,9-11H2,1-2H3,(H,15,16)/t12-/m0/s1. The zero-order valence-corrected chi connectivity index (χ0v) is 10.6. The van der Waals surface area contributed by atoms with Crippen molar-refractivity contribution < 1.29 is 9.53 Å². The maximum absolute atomic E-state index is 11.6. The van der Waals surface area contributed by atoms with E-state index in [4.69, 9.17) is 4.74 Å². The number of nitrogens with one attached hydrogen (secondary N) is 1. The van der Waals surface area contributed by atoms with Gasteiger partial charge in [0.2, 0.25) is 5.91 Å². The molecule has 3 heteroatoms. The number of carbonyl (C=O) groups is 1. The third kappa shape index (κ3) is 5.50. The van der Waals surface area contributed by atoms with Crippen molar-refractivity contribution in [2.24, 2.45) is 0 Å². The first-order chi connectivity index (χ1) is 8.24. The monoisotopic (exact) mass is 235 g/mol. The summed E-state index contributed by atoms with van der Waals surface area (Å²) in [5.74, 6) is 0.371. The Kier molecular flexibility index (Phi) is 6.33. The van der Waals surface area contributed by atoms with Gasteiger partial charge in [-0.1, -0.05) is 37.3 Å². The molecule has 17 heavy (non-hydrogen) atoms. The lowest BCUT2D eigenvalue weighted by Crippen LogP contribution is -2.26. The first kappa shape index (κ1) is 13.7. The molecule has 3 nitrogen and oxygen atoms in total. The number of amides is 1. The van der Waals surface area contributed by atoms with Gasteiger partial charge < -0.3 is 10.1 Å². The van der Waals surface area contributed by atoms with Crippen molar-refractivity contribution in [2.75, 3.05) is 20.3 Å². The normalized spacial score (nSPS) is 12.1. The lowest BCUT2D eigenvalue weighted by molar-refractivity contribution is -0.121. The SMILES string of the molecule is COCCCNC(=O)C[C@H](C)c1ccccc1. The Balaban J connectivity index is 2.26. The van der Waals surface area contributed by atoms with E-state index >= 15 is 0 Å². The van der Waals surface area contributed by atoms with Gasteiger partial charge in [0.1, 0.15) is 0 Å². The van der Waals surface area contributed by atoms with Crippen LogP contribution in [-0.2, 0) is 9.53 Å². The molecule has 0 fully saturated rings. The van der Waals surface area contributed by atoms with Crippen molar-refractivity contribution in [2.45, 2.75) is 25.7 Å². The molecule has 1 aromatic rings. The second-order valence-electron chi connectivity index (χ2n) is 4.21. The minimum atomic E-state index is 0.109. The van der Waals surface area contributed by atoms with E-state index in [-0.39, 0.29) is 11.8 Å². The van der Waals surface area contributed by atoms with Crippen LogP contribution in [0.3, 0.4) is 0 Å². The summed E-state index contributed by atoms with van der Waals surface area (Å²) in [6.07, 6.45) is 1.40. The Morgan fingerprint density at radius 1 is 1.35 bits per heavy atom. The average Bonchev–Trinajstić information content (AvgIpc) is 2.36. The molecule has 0 saturated heterocycles. The molecule has 0 aromatic heterocycles. The quantitative estimate of drug-likeness (QED) is 0.737. The van der Waals surface area contributed by atoms with Crippen LogP contribution < -0.4 is 5.32 Å². The van der Waals surface area contributed by atoms with Crippen molar-refractivity contribution >= 4 is 5.91 Å². The zero-order valence-electron chi connectivity index (χ0n) is 10.6. The lowest BCUT2D eigenvalue weighted by Gasteiger charge is -2.11. The van der Waals surface area contributed by atoms with Crippen LogP contribution in [0.2, 0.25) is 0 Å².